The van der Waals surface area contributed by atoms with Crippen LogP contribution in [0.5, 0.6) is 0 Å². The third kappa shape index (κ3) is 4.12. The van der Waals surface area contributed by atoms with Gasteiger partial charge >= 0.3 is 0 Å². The van der Waals surface area contributed by atoms with Crippen molar-refractivity contribution in [2.75, 3.05) is 20.6 Å². The highest BCUT2D eigenvalue weighted by molar-refractivity contribution is 4.89. The van der Waals surface area contributed by atoms with Crippen molar-refractivity contribution in [1.29, 1.82) is 0 Å². The lowest BCUT2D eigenvalue weighted by Gasteiger charge is -2.28. The van der Waals surface area contributed by atoms with E-state index in [9.17, 15) is 0 Å². The van der Waals surface area contributed by atoms with Gasteiger partial charge in [0.25, 0.3) is 0 Å². The smallest absolute Gasteiger partial charge is 0.0212 e. The lowest BCUT2D eigenvalue weighted by Crippen LogP contribution is -2.44. The molecule has 0 radical (unpaired) electrons. The molecule has 0 spiro atoms. The van der Waals surface area contributed by atoms with Gasteiger partial charge < -0.3 is 10.2 Å². The lowest BCUT2D eigenvalue weighted by atomic mass is 9.99. The Morgan fingerprint density at radius 3 is 2.20 bits per heavy atom. The van der Waals surface area contributed by atoms with Gasteiger partial charge in [0.1, 0.15) is 0 Å². The van der Waals surface area contributed by atoms with Gasteiger partial charge in [-0.15, -0.1) is 0 Å². The number of hydrogen-bond donors (Lipinski definition) is 1. The molecule has 0 aromatic rings. The Balaban J connectivity index is 2.31. The van der Waals surface area contributed by atoms with E-state index in [1.807, 2.05) is 0 Å². The number of hydrogen-bond acceptors (Lipinski definition) is 2. The van der Waals surface area contributed by atoms with Gasteiger partial charge in [0.15, 0.2) is 0 Å². The minimum absolute atomic E-state index is 0.685. The minimum atomic E-state index is 0.685. The van der Waals surface area contributed by atoms with E-state index < -0.39 is 0 Å². The van der Waals surface area contributed by atoms with Crippen LogP contribution in [0.25, 0.3) is 0 Å². The summed E-state index contributed by atoms with van der Waals surface area (Å²) < 4.78 is 0. The first kappa shape index (κ1) is 13.0. The molecule has 1 saturated carbocycles. The van der Waals surface area contributed by atoms with Gasteiger partial charge in [0.05, 0.1) is 0 Å². The molecule has 0 amide bonds. The second-order valence-corrected chi connectivity index (χ2v) is 5.54. The van der Waals surface area contributed by atoms with E-state index in [0.717, 1.165) is 24.4 Å². The minimum Gasteiger partial charge on any atom is -0.312 e. The monoisotopic (exact) mass is 212 g/mol. The Labute approximate surface area is 95.4 Å². The molecule has 1 aliphatic carbocycles. The Bertz CT molecular complexity index is 171. The first-order chi connectivity index (χ1) is 7.06. The summed E-state index contributed by atoms with van der Waals surface area (Å²) in [7, 11) is 4.36. The van der Waals surface area contributed by atoms with Crippen molar-refractivity contribution in [2.45, 2.75) is 52.1 Å². The zero-order chi connectivity index (χ0) is 11.4. The quantitative estimate of drug-likeness (QED) is 0.697. The first-order valence-electron chi connectivity index (χ1n) is 6.46. The van der Waals surface area contributed by atoms with Crippen LogP contribution in [0.1, 0.15) is 40.0 Å². The van der Waals surface area contributed by atoms with Gasteiger partial charge in [-0.1, -0.05) is 20.8 Å². The number of likely N-dealkylation sites (N-methyl/N-ethyl adjacent to an activating group) is 1. The number of nitrogens with one attached hydrogen (secondary N) is 1. The van der Waals surface area contributed by atoms with Crippen molar-refractivity contribution in [2.24, 2.45) is 11.8 Å². The van der Waals surface area contributed by atoms with E-state index in [2.05, 4.69) is 45.1 Å². The fraction of sp³-hybridized carbons (Fsp3) is 1.00. The molecule has 90 valence electrons. The maximum atomic E-state index is 3.77. The van der Waals surface area contributed by atoms with Gasteiger partial charge in [-0.2, -0.15) is 0 Å². The van der Waals surface area contributed by atoms with E-state index in [4.69, 9.17) is 0 Å². The van der Waals surface area contributed by atoms with E-state index >= 15 is 0 Å². The van der Waals surface area contributed by atoms with Crippen molar-refractivity contribution in [1.82, 2.24) is 10.2 Å². The molecular weight excluding hydrogens is 184 g/mol. The van der Waals surface area contributed by atoms with Gasteiger partial charge in [-0.3, -0.25) is 0 Å². The summed E-state index contributed by atoms with van der Waals surface area (Å²) >= 11 is 0. The Morgan fingerprint density at radius 1 is 1.27 bits per heavy atom. The molecule has 0 saturated heterocycles. The van der Waals surface area contributed by atoms with Crippen LogP contribution in [0, 0.1) is 11.8 Å². The Morgan fingerprint density at radius 2 is 1.87 bits per heavy atom. The van der Waals surface area contributed by atoms with Gasteiger partial charge in [-0.05, 0) is 45.2 Å². The Hall–Kier alpha value is -0.0800. The lowest BCUT2D eigenvalue weighted by molar-refractivity contribution is 0.250. The molecule has 1 N–H and O–H groups in total. The highest BCUT2D eigenvalue weighted by Gasteiger charge is 2.32. The van der Waals surface area contributed by atoms with Crippen LogP contribution < -0.4 is 5.32 Å². The fourth-order valence-electron chi connectivity index (χ4n) is 2.37. The van der Waals surface area contributed by atoms with Crippen LogP contribution in [0.15, 0.2) is 0 Å². The first-order valence-corrected chi connectivity index (χ1v) is 6.46. The van der Waals surface area contributed by atoms with Crippen LogP contribution in [0.2, 0.25) is 0 Å². The van der Waals surface area contributed by atoms with E-state index in [1.54, 1.807) is 0 Å². The molecule has 2 atom stereocenters. The van der Waals surface area contributed by atoms with Crippen molar-refractivity contribution in [3.63, 3.8) is 0 Å². The van der Waals surface area contributed by atoms with E-state index in [1.165, 1.54) is 19.3 Å². The molecule has 1 rings (SSSR count). The average Bonchev–Trinajstić information content (AvgIpc) is 2.94. The molecule has 2 heteroatoms. The summed E-state index contributed by atoms with van der Waals surface area (Å²) in [6.07, 6.45) is 4.11. The predicted octanol–water partition coefficient (Wildman–Crippen LogP) is 2.35. The molecule has 0 aromatic carbocycles. The zero-order valence-electron chi connectivity index (χ0n) is 11.1. The summed E-state index contributed by atoms with van der Waals surface area (Å²) in [5.41, 5.74) is 0. The van der Waals surface area contributed by atoms with Crippen molar-refractivity contribution in [3.05, 3.63) is 0 Å². The van der Waals surface area contributed by atoms with Crippen LogP contribution in [0.4, 0.5) is 0 Å². The third-order valence-corrected chi connectivity index (χ3v) is 3.64. The molecule has 2 unspecified atom stereocenters. The van der Waals surface area contributed by atoms with Gasteiger partial charge in [-0.25, -0.2) is 0 Å². The summed E-state index contributed by atoms with van der Waals surface area (Å²) in [6.45, 7) is 8.09. The van der Waals surface area contributed by atoms with E-state index in [0.29, 0.717) is 6.04 Å². The average molecular weight is 212 g/mol. The highest BCUT2D eigenvalue weighted by Crippen LogP contribution is 2.35. The largest absolute Gasteiger partial charge is 0.312 e. The molecule has 2 nitrogen and oxygen atoms in total. The number of nitrogens with zero attached hydrogens (tertiary/aromatic N) is 1. The molecule has 0 bridgehead atoms. The summed E-state index contributed by atoms with van der Waals surface area (Å²) in [5, 5.41) is 3.77. The van der Waals surface area contributed by atoms with Crippen molar-refractivity contribution >= 4 is 0 Å². The van der Waals surface area contributed by atoms with Crippen LogP contribution >= 0.6 is 0 Å². The normalized spacial score (nSPS) is 21.0. The topological polar surface area (TPSA) is 15.3 Å². The summed E-state index contributed by atoms with van der Waals surface area (Å²) in [5.74, 6) is 1.74. The molecule has 15 heavy (non-hydrogen) atoms. The standard InChI is InChI=1S/C13H28N2/c1-6-12(15(4)5)9-14-13(10(2)3)11-7-8-11/h10-14H,6-9H2,1-5H3. The fourth-order valence-corrected chi connectivity index (χ4v) is 2.37. The summed E-state index contributed by atoms with van der Waals surface area (Å²) in [6, 6.07) is 1.43. The highest BCUT2D eigenvalue weighted by atomic mass is 15.1. The third-order valence-electron chi connectivity index (χ3n) is 3.64. The molecule has 0 aliphatic heterocycles. The van der Waals surface area contributed by atoms with Crippen LogP contribution in [0.3, 0.4) is 0 Å². The maximum absolute atomic E-state index is 3.77. The van der Waals surface area contributed by atoms with E-state index in [-0.39, 0.29) is 0 Å². The summed E-state index contributed by atoms with van der Waals surface area (Å²) in [4.78, 5) is 2.33. The molecule has 0 aromatic heterocycles. The zero-order valence-corrected chi connectivity index (χ0v) is 11.1. The number of rotatable bonds is 7. The van der Waals surface area contributed by atoms with Crippen LogP contribution in [-0.2, 0) is 0 Å². The Kier molecular flexibility index (Phi) is 5.07. The maximum Gasteiger partial charge on any atom is 0.0212 e. The molecule has 1 aliphatic rings. The van der Waals surface area contributed by atoms with Crippen molar-refractivity contribution < 1.29 is 0 Å². The second kappa shape index (κ2) is 5.86. The second-order valence-electron chi connectivity index (χ2n) is 5.54. The van der Waals surface area contributed by atoms with Crippen molar-refractivity contribution in [3.8, 4) is 0 Å². The molecule has 1 fully saturated rings. The predicted molar refractivity (Wildman–Crippen MR) is 67.1 cm³/mol. The molecular formula is C13H28N2. The molecule has 0 heterocycles. The van der Waals surface area contributed by atoms with Gasteiger partial charge in [0, 0.05) is 18.6 Å². The van der Waals surface area contributed by atoms with Gasteiger partial charge in [0.2, 0.25) is 0 Å². The SMILES string of the molecule is CCC(CNC(C(C)C)C1CC1)N(C)C. The van der Waals surface area contributed by atoms with Crippen LogP contribution in [-0.4, -0.2) is 37.6 Å².